The molecule has 0 heterocycles. The van der Waals surface area contributed by atoms with Gasteiger partial charge in [-0.3, -0.25) is 0 Å². The first-order valence-corrected chi connectivity index (χ1v) is 8.00. The van der Waals surface area contributed by atoms with Gasteiger partial charge in [-0.1, -0.05) is 6.07 Å². The summed E-state index contributed by atoms with van der Waals surface area (Å²) in [7, 11) is -1.10. The summed E-state index contributed by atoms with van der Waals surface area (Å²) >= 11 is 0. The first-order chi connectivity index (χ1) is 10.9. The van der Waals surface area contributed by atoms with Crippen LogP contribution in [0.3, 0.4) is 0 Å². The van der Waals surface area contributed by atoms with Gasteiger partial charge in [0, 0.05) is 12.6 Å². The third-order valence-electron chi connectivity index (χ3n) is 3.06. The van der Waals surface area contributed by atoms with Crippen molar-refractivity contribution >= 4 is 10.0 Å². The van der Waals surface area contributed by atoms with Gasteiger partial charge in [0.25, 0.3) is 0 Å². The van der Waals surface area contributed by atoms with Gasteiger partial charge >= 0.3 is 0 Å². The van der Waals surface area contributed by atoms with E-state index >= 15 is 0 Å². The first kappa shape index (κ1) is 17.2. The Labute approximate surface area is 132 Å². The number of hydrogen-bond acceptors (Lipinski definition) is 4. The second-order valence-corrected chi connectivity index (χ2v) is 6.39. The van der Waals surface area contributed by atoms with E-state index < -0.39 is 26.6 Å². The van der Waals surface area contributed by atoms with Crippen molar-refractivity contribution in [2.24, 2.45) is 0 Å². The molecule has 5 nitrogen and oxygen atoms in total. The monoisotopic (exact) mass is 343 g/mol. The summed E-state index contributed by atoms with van der Waals surface area (Å²) in [6, 6.07) is 6.99. The highest BCUT2D eigenvalue weighted by atomic mass is 32.2. The number of nitrogens with one attached hydrogen (secondary N) is 1. The lowest BCUT2D eigenvalue weighted by Crippen LogP contribution is -2.23. The Morgan fingerprint density at radius 2 is 1.57 bits per heavy atom. The lowest BCUT2D eigenvalue weighted by Gasteiger charge is -2.11. The Morgan fingerprint density at radius 1 is 0.957 bits per heavy atom. The summed E-state index contributed by atoms with van der Waals surface area (Å²) < 4.78 is 62.9. The highest BCUT2D eigenvalue weighted by molar-refractivity contribution is 7.89. The molecule has 0 aliphatic heterocycles. The average Bonchev–Trinajstić information content (AvgIpc) is 2.51. The summed E-state index contributed by atoms with van der Waals surface area (Å²) in [5.74, 6) is -0.972. The Morgan fingerprint density at radius 3 is 2.13 bits per heavy atom. The van der Waals surface area contributed by atoms with Gasteiger partial charge < -0.3 is 9.47 Å². The number of benzene rings is 2. The molecule has 2 aromatic carbocycles. The minimum atomic E-state index is -4.04. The highest BCUT2D eigenvalue weighted by Gasteiger charge is 2.16. The van der Waals surface area contributed by atoms with Gasteiger partial charge in [0.2, 0.25) is 10.0 Å². The zero-order valence-electron chi connectivity index (χ0n) is 12.5. The Balaban J connectivity index is 2.19. The van der Waals surface area contributed by atoms with E-state index in [4.69, 9.17) is 9.47 Å². The molecule has 2 aromatic rings. The molecule has 2 rings (SSSR count). The van der Waals surface area contributed by atoms with Gasteiger partial charge in [-0.2, -0.15) is 0 Å². The van der Waals surface area contributed by atoms with Crippen LogP contribution < -0.4 is 14.2 Å². The largest absolute Gasteiger partial charge is 0.493 e. The van der Waals surface area contributed by atoms with Crippen molar-refractivity contribution in [3.05, 3.63) is 53.6 Å². The standard InChI is InChI=1S/C15H15F2NO4S/c1-21-14-4-3-10(5-15(14)22-2)9-18-23(19,20)13-7-11(16)6-12(17)8-13/h3-8,18H,9H2,1-2H3. The van der Waals surface area contributed by atoms with E-state index in [0.717, 1.165) is 12.1 Å². The predicted octanol–water partition coefficient (Wildman–Crippen LogP) is 2.46. The van der Waals surface area contributed by atoms with Gasteiger partial charge in [-0.25, -0.2) is 21.9 Å². The molecule has 0 saturated heterocycles. The molecule has 0 spiro atoms. The molecule has 1 N–H and O–H groups in total. The topological polar surface area (TPSA) is 64.6 Å². The quantitative estimate of drug-likeness (QED) is 0.875. The van der Waals surface area contributed by atoms with Crippen molar-refractivity contribution < 1.29 is 26.7 Å². The minimum absolute atomic E-state index is 0.0686. The first-order valence-electron chi connectivity index (χ1n) is 6.52. The number of hydrogen-bond donors (Lipinski definition) is 1. The second-order valence-electron chi connectivity index (χ2n) is 4.62. The minimum Gasteiger partial charge on any atom is -0.493 e. The molecule has 0 amide bonds. The maximum atomic E-state index is 13.1. The van der Waals surface area contributed by atoms with Crippen molar-refractivity contribution in [3.8, 4) is 11.5 Å². The van der Waals surface area contributed by atoms with Crippen molar-refractivity contribution in [3.63, 3.8) is 0 Å². The fourth-order valence-corrected chi connectivity index (χ4v) is 2.99. The van der Waals surface area contributed by atoms with Crippen LogP contribution in [0.2, 0.25) is 0 Å². The maximum absolute atomic E-state index is 13.1. The van der Waals surface area contributed by atoms with Crippen LogP contribution >= 0.6 is 0 Å². The van der Waals surface area contributed by atoms with E-state index in [-0.39, 0.29) is 6.54 Å². The second kappa shape index (κ2) is 6.93. The van der Waals surface area contributed by atoms with Crippen LogP contribution in [0.15, 0.2) is 41.3 Å². The van der Waals surface area contributed by atoms with E-state index in [9.17, 15) is 17.2 Å². The van der Waals surface area contributed by atoms with Crippen molar-refractivity contribution in [2.45, 2.75) is 11.4 Å². The molecule has 0 fully saturated rings. The third-order valence-corrected chi connectivity index (χ3v) is 4.44. The molecule has 0 radical (unpaired) electrons. The molecule has 8 heteroatoms. The van der Waals surface area contributed by atoms with Gasteiger partial charge in [-0.15, -0.1) is 0 Å². The number of sulfonamides is 1. The third kappa shape index (κ3) is 4.17. The lowest BCUT2D eigenvalue weighted by molar-refractivity contribution is 0.354. The molecule has 0 aliphatic rings. The molecule has 23 heavy (non-hydrogen) atoms. The van der Waals surface area contributed by atoms with Crippen molar-refractivity contribution in [1.82, 2.24) is 4.72 Å². The molecule has 0 aliphatic carbocycles. The summed E-state index contributed by atoms with van der Waals surface area (Å²) in [5, 5.41) is 0. The van der Waals surface area contributed by atoms with Crippen molar-refractivity contribution in [1.29, 1.82) is 0 Å². The zero-order valence-corrected chi connectivity index (χ0v) is 13.3. The molecule has 124 valence electrons. The molecular formula is C15H15F2NO4S. The summed E-state index contributed by atoms with van der Waals surface area (Å²) in [6.07, 6.45) is 0. The number of methoxy groups -OCH3 is 2. The van der Waals surface area contributed by atoms with E-state index in [2.05, 4.69) is 4.72 Å². The fraction of sp³-hybridized carbons (Fsp3) is 0.200. The summed E-state index contributed by atoms with van der Waals surface area (Å²) in [5.41, 5.74) is 0.600. The van der Waals surface area contributed by atoms with Gasteiger partial charge in [0.15, 0.2) is 11.5 Å². The van der Waals surface area contributed by atoms with Crippen LogP contribution in [-0.4, -0.2) is 22.6 Å². The molecule has 0 unspecified atom stereocenters. The highest BCUT2D eigenvalue weighted by Crippen LogP contribution is 2.27. The average molecular weight is 343 g/mol. The number of rotatable bonds is 6. The van der Waals surface area contributed by atoms with Crippen LogP contribution in [0.25, 0.3) is 0 Å². The zero-order chi connectivity index (χ0) is 17.0. The normalized spacial score (nSPS) is 11.3. The molecule has 0 atom stereocenters. The molecule has 0 aromatic heterocycles. The smallest absolute Gasteiger partial charge is 0.241 e. The van der Waals surface area contributed by atoms with Crippen LogP contribution in [0.4, 0.5) is 8.78 Å². The van der Waals surface area contributed by atoms with Crippen LogP contribution in [0.1, 0.15) is 5.56 Å². The fourth-order valence-electron chi connectivity index (χ4n) is 1.94. The number of ether oxygens (including phenoxy) is 2. The lowest BCUT2D eigenvalue weighted by atomic mass is 10.2. The van der Waals surface area contributed by atoms with E-state index in [0.29, 0.717) is 23.1 Å². The van der Waals surface area contributed by atoms with E-state index in [1.165, 1.54) is 14.2 Å². The van der Waals surface area contributed by atoms with Crippen LogP contribution in [-0.2, 0) is 16.6 Å². The predicted molar refractivity (Wildman–Crippen MR) is 79.9 cm³/mol. The Hall–Kier alpha value is -2.19. The van der Waals surface area contributed by atoms with Gasteiger partial charge in [0.05, 0.1) is 19.1 Å². The van der Waals surface area contributed by atoms with E-state index in [1.807, 2.05) is 0 Å². The van der Waals surface area contributed by atoms with E-state index in [1.54, 1.807) is 18.2 Å². The maximum Gasteiger partial charge on any atom is 0.241 e. The van der Waals surface area contributed by atoms with Crippen LogP contribution in [0.5, 0.6) is 11.5 Å². The van der Waals surface area contributed by atoms with Crippen LogP contribution in [0, 0.1) is 11.6 Å². The van der Waals surface area contributed by atoms with Gasteiger partial charge in [-0.05, 0) is 29.8 Å². The van der Waals surface area contributed by atoms with Gasteiger partial charge in [0.1, 0.15) is 11.6 Å². The molecule has 0 bridgehead atoms. The van der Waals surface area contributed by atoms with Crippen molar-refractivity contribution in [2.75, 3.05) is 14.2 Å². The molecule has 0 saturated carbocycles. The Kier molecular flexibility index (Phi) is 5.17. The number of halogens is 2. The summed E-state index contributed by atoms with van der Waals surface area (Å²) in [4.78, 5) is -0.476. The summed E-state index contributed by atoms with van der Waals surface area (Å²) in [6.45, 7) is -0.0686. The molecular weight excluding hydrogens is 328 g/mol. The SMILES string of the molecule is COc1ccc(CNS(=O)(=O)c2cc(F)cc(F)c2)cc1OC. The Bertz CT molecular complexity index is 789.